The van der Waals surface area contributed by atoms with Crippen molar-refractivity contribution in [2.75, 3.05) is 14.2 Å². The van der Waals surface area contributed by atoms with Gasteiger partial charge in [0, 0.05) is 41.8 Å². The maximum Gasteiger partial charge on any atom is 0.237 e. The van der Waals surface area contributed by atoms with Crippen molar-refractivity contribution in [3.05, 3.63) is 54.6 Å². The van der Waals surface area contributed by atoms with Crippen molar-refractivity contribution in [3.8, 4) is 34.3 Å². The van der Waals surface area contributed by atoms with E-state index >= 15 is 0 Å². The fourth-order valence-electron chi connectivity index (χ4n) is 3.89. The molecule has 174 valence electrons. The monoisotopic (exact) mass is 476 g/mol. The molecule has 0 saturated carbocycles. The highest BCUT2D eigenvalue weighted by molar-refractivity contribution is 7.98. The number of ether oxygens (including phenoxy) is 2. The SMILES string of the molecule is CCn1cc(-c2nnc(SCc3nc(-c4ccc(OC)c(OC)c4)no3)n2C)c2ccccc21. The van der Waals surface area contributed by atoms with E-state index in [9.17, 15) is 0 Å². The maximum atomic E-state index is 5.46. The maximum absolute atomic E-state index is 5.46. The molecule has 0 N–H and O–H groups in total. The van der Waals surface area contributed by atoms with E-state index in [-0.39, 0.29) is 0 Å². The summed E-state index contributed by atoms with van der Waals surface area (Å²) in [5, 5.41) is 14.9. The van der Waals surface area contributed by atoms with Crippen LogP contribution in [0.4, 0.5) is 0 Å². The van der Waals surface area contributed by atoms with Gasteiger partial charge in [-0.15, -0.1) is 10.2 Å². The van der Waals surface area contributed by atoms with Gasteiger partial charge in [0.05, 0.1) is 20.0 Å². The Balaban J connectivity index is 1.35. The summed E-state index contributed by atoms with van der Waals surface area (Å²) in [7, 11) is 5.16. The van der Waals surface area contributed by atoms with Gasteiger partial charge in [-0.3, -0.25) is 0 Å². The zero-order valence-corrected chi connectivity index (χ0v) is 20.2. The summed E-state index contributed by atoms with van der Waals surface area (Å²) in [5.74, 6) is 3.54. The summed E-state index contributed by atoms with van der Waals surface area (Å²) < 4.78 is 20.3. The number of hydrogen-bond acceptors (Lipinski definition) is 8. The molecule has 0 bridgehead atoms. The number of methoxy groups -OCH3 is 2. The highest BCUT2D eigenvalue weighted by Gasteiger charge is 2.18. The van der Waals surface area contributed by atoms with E-state index in [1.807, 2.05) is 35.9 Å². The van der Waals surface area contributed by atoms with Gasteiger partial charge in [0.25, 0.3) is 0 Å². The number of rotatable bonds is 8. The summed E-state index contributed by atoms with van der Waals surface area (Å²) in [6, 6.07) is 13.8. The number of fused-ring (bicyclic) bond motifs is 1. The van der Waals surface area contributed by atoms with Crippen molar-refractivity contribution in [2.24, 2.45) is 7.05 Å². The molecule has 0 aliphatic rings. The van der Waals surface area contributed by atoms with Crippen LogP contribution in [0.3, 0.4) is 0 Å². The van der Waals surface area contributed by atoms with E-state index in [4.69, 9.17) is 14.0 Å². The largest absolute Gasteiger partial charge is 0.493 e. The number of aryl methyl sites for hydroxylation is 1. The van der Waals surface area contributed by atoms with E-state index < -0.39 is 0 Å². The minimum atomic E-state index is 0.475. The van der Waals surface area contributed by atoms with Gasteiger partial charge in [-0.05, 0) is 31.2 Å². The summed E-state index contributed by atoms with van der Waals surface area (Å²) in [4.78, 5) is 4.52. The molecule has 0 saturated heterocycles. The van der Waals surface area contributed by atoms with Crippen LogP contribution in [0.15, 0.2) is 58.3 Å². The second-order valence-electron chi connectivity index (χ2n) is 7.58. The van der Waals surface area contributed by atoms with E-state index in [1.165, 1.54) is 17.3 Å². The van der Waals surface area contributed by atoms with Crippen LogP contribution in [0.5, 0.6) is 11.5 Å². The number of benzene rings is 2. The molecule has 10 heteroatoms. The van der Waals surface area contributed by atoms with Gasteiger partial charge >= 0.3 is 0 Å². The van der Waals surface area contributed by atoms with Crippen LogP contribution in [0.1, 0.15) is 12.8 Å². The van der Waals surface area contributed by atoms with Crippen molar-refractivity contribution < 1.29 is 14.0 Å². The van der Waals surface area contributed by atoms with Gasteiger partial charge in [0.2, 0.25) is 11.7 Å². The average Bonchev–Trinajstić information content (AvgIpc) is 3.59. The molecule has 5 aromatic rings. The van der Waals surface area contributed by atoms with Crippen LogP contribution in [0, 0.1) is 0 Å². The lowest BCUT2D eigenvalue weighted by Gasteiger charge is -2.07. The lowest BCUT2D eigenvalue weighted by molar-refractivity contribution is 0.355. The highest BCUT2D eigenvalue weighted by atomic mass is 32.2. The Morgan fingerprint density at radius 2 is 1.85 bits per heavy atom. The lowest BCUT2D eigenvalue weighted by atomic mass is 10.1. The van der Waals surface area contributed by atoms with Crippen molar-refractivity contribution in [3.63, 3.8) is 0 Å². The minimum Gasteiger partial charge on any atom is -0.493 e. The Bertz CT molecular complexity index is 1450. The molecule has 0 unspecified atom stereocenters. The number of aromatic nitrogens is 6. The van der Waals surface area contributed by atoms with E-state index in [0.717, 1.165) is 34.0 Å². The van der Waals surface area contributed by atoms with E-state index in [2.05, 4.69) is 56.2 Å². The first kappa shape index (κ1) is 22.0. The molecule has 0 radical (unpaired) electrons. The van der Waals surface area contributed by atoms with Crippen molar-refractivity contribution >= 4 is 22.7 Å². The van der Waals surface area contributed by atoms with Gasteiger partial charge in [-0.25, -0.2) is 0 Å². The van der Waals surface area contributed by atoms with Crippen LogP contribution in [-0.4, -0.2) is 43.7 Å². The fraction of sp³-hybridized carbons (Fsp3) is 0.250. The first-order valence-electron chi connectivity index (χ1n) is 10.8. The Hall–Kier alpha value is -3.79. The van der Waals surface area contributed by atoms with Gasteiger partial charge in [-0.1, -0.05) is 35.1 Å². The highest BCUT2D eigenvalue weighted by Crippen LogP contribution is 2.33. The van der Waals surface area contributed by atoms with E-state index in [1.54, 1.807) is 14.2 Å². The van der Waals surface area contributed by atoms with Crippen LogP contribution < -0.4 is 9.47 Å². The Kier molecular flexibility index (Phi) is 5.97. The molecule has 5 rings (SSSR count). The number of hydrogen-bond donors (Lipinski definition) is 0. The third kappa shape index (κ3) is 3.90. The quantitative estimate of drug-likeness (QED) is 0.294. The smallest absolute Gasteiger partial charge is 0.237 e. The van der Waals surface area contributed by atoms with Gasteiger partial charge in [0.15, 0.2) is 22.5 Å². The van der Waals surface area contributed by atoms with Crippen molar-refractivity contribution in [1.29, 1.82) is 0 Å². The van der Waals surface area contributed by atoms with Crippen molar-refractivity contribution in [2.45, 2.75) is 24.4 Å². The molecule has 3 aromatic heterocycles. The summed E-state index contributed by atoms with van der Waals surface area (Å²) in [6.07, 6.45) is 2.14. The standard InChI is InChI=1S/C24H24N6O3S/c1-5-30-13-17(16-8-6-7-9-18(16)30)23-26-27-24(29(23)2)34-14-21-25-22(28-33-21)15-10-11-19(31-3)20(12-15)32-4/h6-13H,5,14H2,1-4H3. The van der Waals surface area contributed by atoms with Crippen LogP contribution in [-0.2, 0) is 19.3 Å². The average molecular weight is 477 g/mol. The van der Waals surface area contributed by atoms with Gasteiger partial charge in [0.1, 0.15) is 0 Å². The Morgan fingerprint density at radius 1 is 1.03 bits per heavy atom. The number of para-hydroxylation sites is 1. The molecule has 0 aliphatic carbocycles. The molecular weight excluding hydrogens is 452 g/mol. The molecule has 3 heterocycles. The number of thioether (sulfide) groups is 1. The second kappa shape index (κ2) is 9.22. The topological polar surface area (TPSA) is 93.0 Å². The first-order valence-corrected chi connectivity index (χ1v) is 11.8. The summed E-state index contributed by atoms with van der Waals surface area (Å²) in [6.45, 7) is 3.02. The lowest BCUT2D eigenvalue weighted by Crippen LogP contribution is -1.95. The summed E-state index contributed by atoms with van der Waals surface area (Å²) >= 11 is 1.50. The Labute approximate surface area is 200 Å². The predicted molar refractivity (Wildman–Crippen MR) is 130 cm³/mol. The van der Waals surface area contributed by atoms with Crippen LogP contribution in [0.2, 0.25) is 0 Å². The minimum absolute atomic E-state index is 0.475. The Morgan fingerprint density at radius 3 is 2.65 bits per heavy atom. The summed E-state index contributed by atoms with van der Waals surface area (Å²) in [5.41, 5.74) is 3.03. The molecule has 2 aromatic carbocycles. The zero-order valence-electron chi connectivity index (χ0n) is 19.3. The van der Waals surface area contributed by atoms with Crippen LogP contribution >= 0.6 is 11.8 Å². The molecule has 0 atom stereocenters. The normalized spacial score (nSPS) is 11.3. The molecular formula is C24H24N6O3S. The first-order chi connectivity index (χ1) is 16.6. The molecule has 0 fully saturated rings. The van der Waals surface area contributed by atoms with Gasteiger partial charge in [-0.2, -0.15) is 4.98 Å². The third-order valence-electron chi connectivity index (χ3n) is 5.64. The number of nitrogens with zero attached hydrogens (tertiary/aromatic N) is 6. The van der Waals surface area contributed by atoms with Crippen LogP contribution in [0.25, 0.3) is 33.7 Å². The third-order valence-corrected chi connectivity index (χ3v) is 6.64. The molecule has 0 spiro atoms. The van der Waals surface area contributed by atoms with E-state index in [0.29, 0.717) is 29.0 Å². The molecule has 34 heavy (non-hydrogen) atoms. The van der Waals surface area contributed by atoms with Crippen molar-refractivity contribution in [1.82, 2.24) is 29.5 Å². The fourth-order valence-corrected chi connectivity index (χ4v) is 4.64. The zero-order chi connectivity index (χ0) is 23.7. The molecule has 9 nitrogen and oxygen atoms in total. The predicted octanol–water partition coefficient (Wildman–Crippen LogP) is 4.82. The molecule has 0 aliphatic heterocycles. The van der Waals surface area contributed by atoms with Gasteiger partial charge < -0.3 is 23.1 Å². The molecule has 0 amide bonds. The second-order valence-corrected chi connectivity index (χ2v) is 8.52.